The number of H-pyrrole nitrogens is 1. The molecular weight excluding hydrogens is 324 g/mol. The van der Waals surface area contributed by atoms with E-state index in [9.17, 15) is 4.79 Å². The molecule has 0 atom stereocenters. The Kier molecular flexibility index (Phi) is 4.17. The number of methoxy groups -OCH3 is 1. The van der Waals surface area contributed by atoms with Crippen LogP contribution in [0.4, 0.5) is 0 Å². The molecule has 0 amide bonds. The highest BCUT2D eigenvalue weighted by Crippen LogP contribution is 2.29. The average Bonchev–Trinajstić information content (AvgIpc) is 3.07. The third-order valence-electron chi connectivity index (χ3n) is 4.66. The molecule has 0 aliphatic heterocycles. The maximum absolute atomic E-state index is 12.2. The quantitative estimate of drug-likeness (QED) is 0.676. The summed E-state index contributed by atoms with van der Waals surface area (Å²) in [6, 6.07) is 12.3. The van der Waals surface area contributed by atoms with Crippen molar-refractivity contribution in [3.05, 3.63) is 71.6 Å². The van der Waals surface area contributed by atoms with E-state index in [1.807, 2.05) is 19.1 Å². The molecule has 3 aromatic rings. The first-order valence-corrected chi connectivity index (χ1v) is 8.72. The summed E-state index contributed by atoms with van der Waals surface area (Å²) in [5.41, 5.74) is 6.43. The number of esters is 1. The molecule has 4 heteroatoms. The standard InChI is InChI=1S/C22H20N2O2/c1-14-23-20-13-18(12-19(21(20)24-14)22(25)26-2)17-10-8-16(9-11-17)15-6-4-3-5-7-15/h4,6-13H,3,5H2,1-2H3,(H,23,24). The number of aromatic amines is 1. The van der Waals surface area contributed by atoms with E-state index < -0.39 is 0 Å². The molecule has 0 spiro atoms. The van der Waals surface area contributed by atoms with Crippen molar-refractivity contribution < 1.29 is 9.53 Å². The lowest BCUT2D eigenvalue weighted by Gasteiger charge is -2.09. The first-order chi connectivity index (χ1) is 12.7. The lowest BCUT2D eigenvalue weighted by atomic mass is 9.96. The minimum absolute atomic E-state index is 0.377. The summed E-state index contributed by atoms with van der Waals surface area (Å²) >= 11 is 0. The fraction of sp³-hybridized carbons (Fsp3) is 0.182. The zero-order chi connectivity index (χ0) is 18.1. The summed E-state index contributed by atoms with van der Waals surface area (Å²) in [6.07, 6.45) is 8.85. The molecule has 0 unspecified atom stereocenters. The number of imidazole rings is 1. The van der Waals surface area contributed by atoms with Crippen molar-refractivity contribution in [2.24, 2.45) is 0 Å². The van der Waals surface area contributed by atoms with E-state index in [0.717, 1.165) is 35.3 Å². The second-order valence-corrected chi connectivity index (χ2v) is 6.45. The molecule has 1 aliphatic carbocycles. The smallest absolute Gasteiger partial charge is 0.340 e. The van der Waals surface area contributed by atoms with Gasteiger partial charge in [-0.3, -0.25) is 0 Å². The fourth-order valence-corrected chi connectivity index (χ4v) is 3.36. The minimum Gasteiger partial charge on any atom is -0.465 e. The predicted molar refractivity (Wildman–Crippen MR) is 104 cm³/mol. The lowest BCUT2D eigenvalue weighted by molar-refractivity contribution is 0.0603. The summed E-state index contributed by atoms with van der Waals surface area (Å²) < 4.78 is 4.94. The third-order valence-corrected chi connectivity index (χ3v) is 4.66. The van der Waals surface area contributed by atoms with Crippen LogP contribution in [0.2, 0.25) is 0 Å². The Morgan fingerprint density at radius 1 is 1.08 bits per heavy atom. The summed E-state index contributed by atoms with van der Waals surface area (Å²) in [7, 11) is 1.39. The minimum atomic E-state index is -0.377. The molecule has 0 radical (unpaired) electrons. The van der Waals surface area contributed by atoms with Gasteiger partial charge in [0.25, 0.3) is 0 Å². The van der Waals surface area contributed by atoms with Gasteiger partial charge in [0.05, 0.1) is 18.2 Å². The number of hydrogen-bond acceptors (Lipinski definition) is 3. The zero-order valence-electron chi connectivity index (χ0n) is 14.9. The van der Waals surface area contributed by atoms with Crippen LogP contribution in [0.5, 0.6) is 0 Å². The van der Waals surface area contributed by atoms with Crippen molar-refractivity contribution in [1.29, 1.82) is 0 Å². The van der Waals surface area contributed by atoms with Gasteiger partial charge in [-0.15, -0.1) is 0 Å². The summed E-state index contributed by atoms with van der Waals surface area (Å²) in [6.45, 7) is 1.88. The number of allylic oxidation sites excluding steroid dienone is 4. The van der Waals surface area contributed by atoms with E-state index in [0.29, 0.717) is 11.1 Å². The first kappa shape index (κ1) is 16.3. The van der Waals surface area contributed by atoms with Gasteiger partial charge in [0.2, 0.25) is 0 Å². The molecule has 0 saturated carbocycles. The maximum atomic E-state index is 12.2. The Hall–Kier alpha value is -3.14. The normalized spacial score (nSPS) is 13.7. The molecule has 4 nitrogen and oxygen atoms in total. The molecule has 26 heavy (non-hydrogen) atoms. The Balaban J connectivity index is 1.77. The Morgan fingerprint density at radius 3 is 2.54 bits per heavy atom. The molecule has 1 N–H and O–H groups in total. The molecular formula is C22H20N2O2. The van der Waals surface area contributed by atoms with Crippen LogP contribution in [0, 0.1) is 6.92 Å². The highest BCUT2D eigenvalue weighted by atomic mass is 16.5. The SMILES string of the molecule is COC(=O)c1cc(-c2ccc(C3=CCCC=C3)cc2)cc2[nH]c(C)nc12. The highest BCUT2D eigenvalue weighted by Gasteiger charge is 2.16. The van der Waals surface area contributed by atoms with Crippen LogP contribution >= 0.6 is 0 Å². The van der Waals surface area contributed by atoms with Gasteiger partial charge in [-0.05, 0) is 54.2 Å². The van der Waals surface area contributed by atoms with E-state index in [1.54, 1.807) is 0 Å². The summed E-state index contributed by atoms with van der Waals surface area (Å²) in [5.74, 6) is 0.395. The van der Waals surface area contributed by atoms with Crippen molar-refractivity contribution in [1.82, 2.24) is 9.97 Å². The summed E-state index contributed by atoms with van der Waals surface area (Å²) in [4.78, 5) is 19.8. The van der Waals surface area contributed by atoms with Crippen LogP contribution in [-0.4, -0.2) is 23.0 Å². The number of ether oxygens (including phenoxy) is 1. The van der Waals surface area contributed by atoms with Crippen molar-refractivity contribution >= 4 is 22.6 Å². The van der Waals surface area contributed by atoms with Gasteiger partial charge < -0.3 is 9.72 Å². The van der Waals surface area contributed by atoms with Gasteiger partial charge in [0, 0.05) is 0 Å². The molecule has 130 valence electrons. The average molecular weight is 344 g/mol. The first-order valence-electron chi connectivity index (χ1n) is 8.72. The van der Waals surface area contributed by atoms with Gasteiger partial charge in [-0.1, -0.05) is 42.5 Å². The summed E-state index contributed by atoms with van der Waals surface area (Å²) in [5, 5.41) is 0. The second-order valence-electron chi connectivity index (χ2n) is 6.45. The van der Waals surface area contributed by atoms with Gasteiger partial charge in [-0.25, -0.2) is 9.78 Å². The largest absolute Gasteiger partial charge is 0.465 e. The number of nitrogens with one attached hydrogen (secondary N) is 1. The van der Waals surface area contributed by atoms with E-state index in [4.69, 9.17) is 4.74 Å². The Bertz CT molecular complexity index is 1040. The van der Waals surface area contributed by atoms with Gasteiger partial charge in [0.1, 0.15) is 11.3 Å². The molecule has 1 heterocycles. The van der Waals surface area contributed by atoms with Crippen molar-refractivity contribution in [2.75, 3.05) is 7.11 Å². The Morgan fingerprint density at radius 2 is 1.85 bits per heavy atom. The van der Waals surface area contributed by atoms with Gasteiger partial charge in [-0.2, -0.15) is 0 Å². The Labute approximate surface area is 152 Å². The van der Waals surface area contributed by atoms with Crippen LogP contribution in [-0.2, 0) is 4.74 Å². The molecule has 0 bridgehead atoms. The van der Waals surface area contributed by atoms with E-state index in [2.05, 4.69) is 52.5 Å². The van der Waals surface area contributed by atoms with E-state index in [1.165, 1.54) is 18.2 Å². The molecule has 0 saturated heterocycles. The van der Waals surface area contributed by atoms with Crippen LogP contribution in [0.1, 0.15) is 34.6 Å². The van der Waals surface area contributed by atoms with Crippen molar-refractivity contribution in [3.8, 4) is 11.1 Å². The topological polar surface area (TPSA) is 55.0 Å². The van der Waals surface area contributed by atoms with Crippen LogP contribution < -0.4 is 0 Å². The van der Waals surface area contributed by atoms with Crippen molar-refractivity contribution in [3.63, 3.8) is 0 Å². The molecule has 0 fully saturated rings. The number of carbonyl (C=O) groups is 1. The lowest BCUT2D eigenvalue weighted by Crippen LogP contribution is -2.02. The molecule has 2 aromatic carbocycles. The third kappa shape index (κ3) is 2.94. The van der Waals surface area contributed by atoms with Crippen LogP contribution in [0.3, 0.4) is 0 Å². The number of benzene rings is 2. The highest BCUT2D eigenvalue weighted by molar-refractivity contribution is 6.04. The number of hydrogen-bond donors (Lipinski definition) is 1. The monoisotopic (exact) mass is 344 g/mol. The predicted octanol–water partition coefficient (Wildman–Crippen LogP) is 5.06. The van der Waals surface area contributed by atoms with Gasteiger partial charge in [0.15, 0.2) is 0 Å². The number of rotatable bonds is 3. The number of carbonyl (C=O) groups excluding carboxylic acids is 1. The number of aromatic nitrogens is 2. The number of nitrogens with zero attached hydrogens (tertiary/aromatic N) is 1. The van der Waals surface area contributed by atoms with E-state index in [-0.39, 0.29) is 5.97 Å². The molecule has 4 rings (SSSR count). The van der Waals surface area contributed by atoms with Crippen LogP contribution in [0.25, 0.3) is 27.7 Å². The molecule has 1 aliphatic rings. The maximum Gasteiger partial charge on any atom is 0.340 e. The fourth-order valence-electron chi connectivity index (χ4n) is 3.36. The number of fused-ring (bicyclic) bond motifs is 1. The van der Waals surface area contributed by atoms with Gasteiger partial charge >= 0.3 is 5.97 Å². The van der Waals surface area contributed by atoms with Crippen LogP contribution in [0.15, 0.2) is 54.6 Å². The van der Waals surface area contributed by atoms with E-state index >= 15 is 0 Å². The van der Waals surface area contributed by atoms with Crippen molar-refractivity contribution in [2.45, 2.75) is 19.8 Å². The molecule has 1 aromatic heterocycles. The number of aryl methyl sites for hydroxylation is 1. The zero-order valence-corrected chi connectivity index (χ0v) is 14.9. The second kappa shape index (κ2) is 6.64.